The molecule has 2 aromatic carbocycles. The summed E-state index contributed by atoms with van der Waals surface area (Å²) in [6, 6.07) is 14.5. The van der Waals surface area contributed by atoms with Gasteiger partial charge in [-0.2, -0.15) is 0 Å². The van der Waals surface area contributed by atoms with E-state index in [4.69, 9.17) is 0 Å². The standard InChI is InChI=1S/C21H17NO5/c1-13-8-9-18(23)16(10-13)19(24)14-11-17(21(26)27-2)20(25)22(12-14)15-6-4-3-5-7-15/h3-12,23H,1-2H3. The quantitative estimate of drug-likeness (QED) is 0.569. The molecule has 3 rings (SSSR count). The summed E-state index contributed by atoms with van der Waals surface area (Å²) in [5.41, 5.74) is 0.595. The Balaban J connectivity index is 2.24. The van der Waals surface area contributed by atoms with E-state index in [1.54, 1.807) is 49.4 Å². The lowest BCUT2D eigenvalue weighted by atomic mass is 10.0. The molecule has 0 unspecified atom stereocenters. The number of aromatic nitrogens is 1. The van der Waals surface area contributed by atoms with E-state index in [1.165, 1.54) is 22.9 Å². The molecule has 0 fully saturated rings. The third-order valence-corrected chi connectivity index (χ3v) is 4.12. The summed E-state index contributed by atoms with van der Waals surface area (Å²) in [5, 5.41) is 10.1. The maximum atomic E-state index is 12.9. The van der Waals surface area contributed by atoms with E-state index in [-0.39, 0.29) is 22.4 Å². The Morgan fingerprint density at radius 1 is 1.00 bits per heavy atom. The first-order chi connectivity index (χ1) is 12.9. The van der Waals surface area contributed by atoms with Crippen LogP contribution in [0.25, 0.3) is 5.69 Å². The number of phenolic OH excluding ortho intramolecular Hbond substituents is 1. The number of pyridine rings is 1. The molecule has 3 aromatic rings. The van der Waals surface area contributed by atoms with Crippen molar-refractivity contribution >= 4 is 11.8 Å². The molecule has 27 heavy (non-hydrogen) atoms. The average molecular weight is 363 g/mol. The molecule has 136 valence electrons. The number of esters is 1. The van der Waals surface area contributed by atoms with Crippen LogP contribution < -0.4 is 5.56 Å². The summed E-state index contributed by atoms with van der Waals surface area (Å²) in [5.74, 6) is -1.53. The number of para-hydroxylation sites is 1. The third kappa shape index (κ3) is 3.50. The molecular weight excluding hydrogens is 346 g/mol. The molecule has 0 amide bonds. The second-order valence-electron chi connectivity index (χ2n) is 5.99. The molecule has 6 heteroatoms. The van der Waals surface area contributed by atoms with Gasteiger partial charge in [-0.25, -0.2) is 4.79 Å². The van der Waals surface area contributed by atoms with Crippen molar-refractivity contribution in [1.29, 1.82) is 0 Å². The van der Waals surface area contributed by atoms with Gasteiger partial charge in [-0.15, -0.1) is 0 Å². The molecular formula is C21H17NO5. The molecule has 6 nitrogen and oxygen atoms in total. The summed E-state index contributed by atoms with van der Waals surface area (Å²) in [7, 11) is 1.16. The van der Waals surface area contributed by atoms with Gasteiger partial charge in [0, 0.05) is 17.4 Å². The SMILES string of the molecule is COC(=O)c1cc(C(=O)c2cc(C)ccc2O)cn(-c2ccccc2)c1=O. The van der Waals surface area contributed by atoms with Crippen LogP contribution in [0.15, 0.2) is 65.6 Å². The fourth-order valence-corrected chi connectivity index (χ4v) is 2.73. The first-order valence-corrected chi connectivity index (χ1v) is 8.17. The Morgan fingerprint density at radius 2 is 1.70 bits per heavy atom. The van der Waals surface area contributed by atoms with Crippen LogP contribution in [0.2, 0.25) is 0 Å². The van der Waals surface area contributed by atoms with Gasteiger partial charge >= 0.3 is 5.97 Å². The van der Waals surface area contributed by atoms with Crippen LogP contribution in [0.5, 0.6) is 5.75 Å². The Morgan fingerprint density at radius 3 is 2.37 bits per heavy atom. The van der Waals surface area contributed by atoms with Gasteiger partial charge in [0.2, 0.25) is 0 Å². The second-order valence-corrected chi connectivity index (χ2v) is 5.99. The van der Waals surface area contributed by atoms with E-state index in [2.05, 4.69) is 4.74 Å². The molecule has 0 atom stereocenters. The van der Waals surface area contributed by atoms with E-state index < -0.39 is 17.3 Å². The van der Waals surface area contributed by atoms with E-state index in [9.17, 15) is 19.5 Å². The molecule has 0 saturated heterocycles. The van der Waals surface area contributed by atoms with Crippen molar-refractivity contribution < 1.29 is 19.4 Å². The molecule has 0 aliphatic rings. The molecule has 0 radical (unpaired) electrons. The van der Waals surface area contributed by atoms with Gasteiger partial charge in [0.1, 0.15) is 11.3 Å². The zero-order valence-corrected chi connectivity index (χ0v) is 14.8. The fourth-order valence-electron chi connectivity index (χ4n) is 2.73. The van der Waals surface area contributed by atoms with Crippen molar-refractivity contribution in [2.24, 2.45) is 0 Å². The number of methoxy groups -OCH3 is 1. The number of benzene rings is 2. The minimum absolute atomic E-state index is 0.0831. The number of aryl methyl sites for hydroxylation is 1. The monoisotopic (exact) mass is 363 g/mol. The number of ether oxygens (including phenoxy) is 1. The minimum atomic E-state index is -0.840. The summed E-state index contributed by atoms with van der Waals surface area (Å²) >= 11 is 0. The van der Waals surface area contributed by atoms with Crippen molar-refractivity contribution in [2.45, 2.75) is 6.92 Å². The number of ketones is 1. The van der Waals surface area contributed by atoms with Gasteiger partial charge in [-0.3, -0.25) is 14.2 Å². The Bertz CT molecular complexity index is 1080. The number of hydrogen-bond acceptors (Lipinski definition) is 5. The lowest BCUT2D eigenvalue weighted by Crippen LogP contribution is -2.27. The molecule has 1 heterocycles. The predicted octanol–water partition coefficient (Wildman–Crippen LogP) is 2.87. The molecule has 0 aliphatic carbocycles. The van der Waals surface area contributed by atoms with Crippen molar-refractivity contribution in [3.63, 3.8) is 0 Å². The number of rotatable bonds is 4. The van der Waals surface area contributed by atoms with Gasteiger partial charge < -0.3 is 9.84 Å². The van der Waals surface area contributed by atoms with Crippen LogP contribution in [0, 0.1) is 6.92 Å². The number of phenols is 1. The Labute approximate surface area is 155 Å². The highest BCUT2D eigenvalue weighted by Crippen LogP contribution is 2.22. The van der Waals surface area contributed by atoms with E-state index in [0.717, 1.165) is 12.7 Å². The van der Waals surface area contributed by atoms with Crippen LogP contribution in [0.4, 0.5) is 0 Å². The molecule has 0 bridgehead atoms. The Kier molecular flexibility index (Phi) is 4.90. The van der Waals surface area contributed by atoms with Crippen LogP contribution in [0.3, 0.4) is 0 Å². The van der Waals surface area contributed by atoms with E-state index in [1.807, 2.05) is 0 Å². The molecule has 0 saturated carbocycles. The van der Waals surface area contributed by atoms with Crippen LogP contribution in [0.1, 0.15) is 31.8 Å². The second kappa shape index (κ2) is 7.29. The summed E-state index contributed by atoms with van der Waals surface area (Å²) in [4.78, 5) is 37.7. The highest BCUT2D eigenvalue weighted by atomic mass is 16.5. The van der Waals surface area contributed by atoms with Crippen LogP contribution >= 0.6 is 0 Å². The molecule has 0 aliphatic heterocycles. The molecule has 1 N–H and O–H groups in total. The van der Waals surface area contributed by atoms with E-state index in [0.29, 0.717) is 5.69 Å². The van der Waals surface area contributed by atoms with Crippen LogP contribution in [-0.2, 0) is 4.74 Å². The summed E-state index contributed by atoms with van der Waals surface area (Å²) in [6.07, 6.45) is 1.36. The third-order valence-electron chi connectivity index (χ3n) is 4.12. The number of hydrogen-bond donors (Lipinski definition) is 1. The van der Waals surface area contributed by atoms with Crippen molar-refractivity contribution in [1.82, 2.24) is 4.57 Å². The van der Waals surface area contributed by atoms with Gasteiger partial charge in [0.05, 0.1) is 12.7 Å². The lowest BCUT2D eigenvalue weighted by Gasteiger charge is -2.11. The van der Waals surface area contributed by atoms with Gasteiger partial charge in [-0.1, -0.05) is 29.8 Å². The lowest BCUT2D eigenvalue weighted by molar-refractivity contribution is 0.0598. The van der Waals surface area contributed by atoms with Crippen molar-refractivity contribution in [2.75, 3.05) is 7.11 Å². The summed E-state index contributed by atoms with van der Waals surface area (Å²) < 4.78 is 5.89. The first-order valence-electron chi connectivity index (χ1n) is 8.17. The maximum Gasteiger partial charge on any atom is 0.343 e. The van der Waals surface area contributed by atoms with Crippen molar-refractivity contribution in [3.8, 4) is 11.4 Å². The van der Waals surface area contributed by atoms with Gasteiger partial charge in [-0.05, 0) is 37.3 Å². The van der Waals surface area contributed by atoms with E-state index >= 15 is 0 Å². The molecule has 1 aromatic heterocycles. The maximum absolute atomic E-state index is 12.9. The van der Waals surface area contributed by atoms with Gasteiger partial charge in [0.15, 0.2) is 5.78 Å². The normalized spacial score (nSPS) is 10.4. The fraction of sp³-hybridized carbons (Fsp3) is 0.0952. The average Bonchev–Trinajstić information content (AvgIpc) is 2.69. The number of carbonyl (C=O) groups is 2. The predicted molar refractivity (Wildman–Crippen MR) is 99.7 cm³/mol. The summed E-state index contributed by atoms with van der Waals surface area (Å²) in [6.45, 7) is 1.79. The highest BCUT2D eigenvalue weighted by Gasteiger charge is 2.21. The number of carbonyl (C=O) groups excluding carboxylic acids is 2. The largest absolute Gasteiger partial charge is 0.507 e. The van der Waals surface area contributed by atoms with Crippen molar-refractivity contribution in [3.05, 3.63) is 93.4 Å². The zero-order chi connectivity index (χ0) is 19.6. The highest BCUT2D eigenvalue weighted by molar-refractivity contribution is 6.11. The van der Waals surface area contributed by atoms with Crippen LogP contribution in [-0.4, -0.2) is 28.5 Å². The topological polar surface area (TPSA) is 85.6 Å². The van der Waals surface area contributed by atoms with Gasteiger partial charge in [0.25, 0.3) is 5.56 Å². The minimum Gasteiger partial charge on any atom is -0.507 e. The number of aromatic hydroxyl groups is 1. The first kappa shape index (κ1) is 18.1. The Hall–Kier alpha value is -3.67. The smallest absolute Gasteiger partial charge is 0.343 e. The number of nitrogens with zero attached hydrogens (tertiary/aromatic N) is 1. The molecule has 0 spiro atoms. The zero-order valence-electron chi connectivity index (χ0n) is 14.8.